The molecule has 0 spiro atoms. The third-order valence-corrected chi connectivity index (χ3v) is 6.75. The van der Waals surface area contributed by atoms with Crippen LogP contribution in [0.3, 0.4) is 0 Å². The number of para-hydroxylation sites is 2. The minimum absolute atomic E-state index is 0.294. The highest BCUT2D eigenvalue weighted by molar-refractivity contribution is 8.00. The number of carbonyl (C=O) groups is 2. The van der Waals surface area contributed by atoms with E-state index in [2.05, 4.69) is 37.5 Å². The molecule has 0 aliphatic carbocycles. The van der Waals surface area contributed by atoms with Crippen molar-refractivity contribution in [2.75, 3.05) is 0 Å². The Morgan fingerprint density at radius 1 is 0.703 bits per heavy atom. The molecule has 0 N–H and O–H groups in total. The lowest BCUT2D eigenvalue weighted by atomic mass is 10.1. The Hall–Kier alpha value is -3.15. The summed E-state index contributed by atoms with van der Waals surface area (Å²) in [6.07, 6.45) is 8.24. The van der Waals surface area contributed by atoms with Crippen LogP contribution in [0.4, 0.5) is 0 Å². The monoisotopic (exact) mass is 518 g/mol. The van der Waals surface area contributed by atoms with Gasteiger partial charge in [-0.05, 0) is 25.0 Å². The molecule has 0 aromatic heterocycles. The summed E-state index contributed by atoms with van der Waals surface area (Å²) in [5.41, 5.74) is 1.65. The van der Waals surface area contributed by atoms with Crippen molar-refractivity contribution < 1.29 is 19.1 Å². The first-order chi connectivity index (χ1) is 18.0. The first-order valence-corrected chi connectivity index (χ1v) is 14.1. The molecule has 4 nitrogen and oxygen atoms in total. The molecule has 5 heteroatoms. The van der Waals surface area contributed by atoms with E-state index in [4.69, 9.17) is 9.47 Å². The van der Waals surface area contributed by atoms with Gasteiger partial charge in [0.1, 0.15) is 11.5 Å². The van der Waals surface area contributed by atoms with E-state index >= 15 is 0 Å². The van der Waals surface area contributed by atoms with Gasteiger partial charge in [-0.25, -0.2) is 0 Å². The summed E-state index contributed by atoms with van der Waals surface area (Å²) in [5, 5.41) is -0.588. The molecule has 37 heavy (non-hydrogen) atoms. The van der Waals surface area contributed by atoms with Crippen LogP contribution in [0, 0.1) is 23.7 Å². The fourth-order valence-electron chi connectivity index (χ4n) is 3.65. The Morgan fingerprint density at radius 3 is 1.49 bits per heavy atom. The van der Waals surface area contributed by atoms with Gasteiger partial charge in [-0.2, -0.15) is 0 Å². The van der Waals surface area contributed by atoms with Crippen LogP contribution in [0.25, 0.3) is 0 Å². The normalized spacial score (nSPS) is 11.8. The quantitative estimate of drug-likeness (QED) is 0.123. The molecule has 2 atom stereocenters. The van der Waals surface area contributed by atoms with Crippen molar-refractivity contribution in [1.82, 2.24) is 0 Å². The van der Waals surface area contributed by atoms with Gasteiger partial charge in [-0.3, -0.25) is 9.59 Å². The van der Waals surface area contributed by atoms with Gasteiger partial charge in [-0.1, -0.05) is 87.8 Å². The average Bonchev–Trinajstić information content (AvgIpc) is 2.87. The Bertz CT molecular complexity index is 1040. The van der Waals surface area contributed by atoms with Crippen molar-refractivity contribution in [1.29, 1.82) is 0 Å². The zero-order valence-corrected chi connectivity index (χ0v) is 23.3. The van der Waals surface area contributed by atoms with Gasteiger partial charge in [-0.15, -0.1) is 23.6 Å². The van der Waals surface area contributed by atoms with Crippen LogP contribution in [-0.4, -0.2) is 11.9 Å². The van der Waals surface area contributed by atoms with Gasteiger partial charge in [0.2, 0.25) is 0 Å². The lowest BCUT2D eigenvalue weighted by molar-refractivity contribution is -0.132. The maximum Gasteiger partial charge on any atom is 0.308 e. The van der Waals surface area contributed by atoms with Crippen LogP contribution >= 0.6 is 11.8 Å². The zero-order valence-electron chi connectivity index (χ0n) is 22.5. The van der Waals surface area contributed by atoms with E-state index in [1.165, 1.54) is 13.8 Å². The predicted octanol–water partition coefficient (Wildman–Crippen LogP) is 8.22. The summed E-state index contributed by atoms with van der Waals surface area (Å²) in [6.45, 7) is 7.14. The third-order valence-electron chi connectivity index (χ3n) is 5.46. The molecule has 0 radical (unpaired) electrons. The number of esters is 2. The van der Waals surface area contributed by atoms with Crippen molar-refractivity contribution >= 4 is 23.7 Å². The number of carbonyl (C=O) groups excluding carboxylic acids is 2. The van der Waals surface area contributed by atoms with E-state index in [-0.39, 0.29) is 22.4 Å². The summed E-state index contributed by atoms with van der Waals surface area (Å²) in [4.78, 5) is 23.6. The van der Waals surface area contributed by atoms with Gasteiger partial charge in [0.05, 0.1) is 10.5 Å². The Kier molecular flexibility index (Phi) is 14.1. The van der Waals surface area contributed by atoms with Crippen molar-refractivity contribution in [3.8, 4) is 35.2 Å². The van der Waals surface area contributed by atoms with E-state index in [1.54, 1.807) is 23.9 Å². The minimum atomic E-state index is -0.375. The third kappa shape index (κ3) is 11.2. The molecule has 2 unspecified atom stereocenters. The number of hydrogen-bond donors (Lipinski definition) is 0. The number of hydrogen-bond acceptors (Lipinski definition) is 5. The van der Waals surface area contributed by atoms with Crippen LogP contribution < -0.4 is 9.47 Å². The Balaban J connectivity index is 2.50. The lowest BCUT2D eigenvalue weighted by Crippen LogP contribution is -2.08. The molecule has 0 saturated carbocycles. The fourth-order valence-corrected chi connectivity index (χ4v) is 4.91. The van der Waals surface area contributed by atoms with Gasteiger partial charge in [0.15, 0.2) is 0 Å². The van der Waals surface area contributed by atoms with Crippen molar-refractivity contribution in [2.45, 2.75) is 89.6 Å². The number of benzene rings is 2. The molecule has 2 rings (SSSR count). The van der Waals surface area contributed by atoms with Crippen LogP contribution in [0.1, 0.15) is 101 Å². The number of unbranched alkanes of at least 4 members (excludes halogenated alkanes) is 6. The summed E-state index contributed by atoms with van der Waals surface area (Å²) >= 11 is 1.58. The molecule has 0 heterocycles. The maximum atomic E-state index is 11.8. The summed E-state index contributed by atoms with van der Waals surface area (Å²) in [6, 6.07) is 15.0. The number of rotatable bonds is 12. The molecule has 0 bridgehead atoms. The second-order valence-electron chi connectivity index (χ2n) is 8.72. The molecule has 0 fully saturated rings. The SMILES string of the molecule is CCCCCC#CC(SC(C#CCCCCC)c1ccccc1OC(C)=O)c1ccccc1OC(C)=O. The van der Waals surface area contributed by atoms with Crippen molar-refractivity contribution in [3.05, 3.63) is 59.7 Å². The van der Waals surface area contributed by atoms with Crippen molar-refractivity contribution in [2.24, 2.45) is 0 Å². The van der Waals surface area contributed by atoms with Gasteiger partial charge >= 0.3 is 11.9 Å². The van der Waals surface area contributed by atoms with E-state index in [0.717, 1.165) is 62.5 Å². The minimum Gasteiger partial charge on any atom is -0.426 e. The standard InChI is InChI=1S/C32H38O4S/c1-5-7-9-11-13-23-31(27-19-15-17-21-29(27)35-25(3)33)37-32(24-14-12-10-8-6-2)28-20-16-18-22-30(28)36-26(4)34/h15-22,31-32H,5-12H2,1-4H3. The van der Waals surface area contributed by atoms with E-state index in [1.807, 2.05) is 36.4 Å². The Labute approximate surface area is 226 Å². The first kappa shape index (κ1) is 30.1. The van der Waals surface area contributed by atoms with Crippen molar-refractivity contribution in [3.63, 3.8) is 0 Å². The zero-order chi connectivity index (χ0) is 26.9. The summed E-state index contributed by atoms with van der Waals surface area (Å²) < 4.78 is 11.1. The molecular formula is C32H38O4S. The molecule has 0 aliphatic rings. The second kappa shape index (κ2) is 17.3. The average molecular weight is 519 g/mol. The van der Waals surface area contributed by atoms with Gasteiger partial charge < -0.3 is 9.47 Å². The molecule has 0 saturated heterocycles. The van der Waals surface area contributed by atoms with Gasteiger partial charge in [0, 0.05) is 37.8 Å². The van der Waals surface area contributed by atoms with Crippen LogP contribution in [0.5, 0.6) is 11.5 Å². The Morgan fingerprint density at radius 2 is 1.11 bits per heavy atom. The largest absolute Gasteiger partial charge is 0.426 e. The highest BCUT2D eigenvalue weighted by Gasteiger charge is 2.23. The molecule has 0 aliphatic heterocycles. The molecular weight excluding hydrogens is 480 g/mol. The lowest BCUT2D eigenvalue weighted by Gasteiger charge is -2.20. The topological polar surface area (TPSA) is 52.6 Å². The molecule has 2 aromatic rings. The van der Waals surface area contributed by atoms with Gasteiger partial charge in [0.25, 0.3) is 0 Å². The van der Waals surface area contributed by atoms with E-state index in [9.17, 15) is 9.59 Å². The highest BCUT2D eigenvalue weighted by atomic mass is 32.2. The van der Waals surface area contributed by atoms with E-state index < -0.39 is 0 Å². The van der Waals surface area contributed by atoms with Crippen LogP contribution in [-0.2, 0) is 9.59 Å². The first-order valence-electron chi connectivity index (χ1n) is 13.1. The van der Waals surface area contributed by atoms with Crippen LogP contribution in [0.15, 0.2) is 48.5 Å². The smallest absolute Gasteiger partial charge is 0.308 e. The van der Waals surface area contributed by atoms with Crippen LogP contribution in [0.2, 0.25) is 0 Å². The van der Waals surface area contributed by atoms with E-state index in [0.29, 0.717) is 11.5 Å². The maximum absolute atomic E-state index is 11.8. The fraction of sp³-hybridized carbons (Fsp3) is 0.438. The predicted molar refractivity (Wildman–Crippen MR) is 152 cm³/mol. The summed E-state index contributed by atoms with van der Waals surface area (Å²) in [7, 11) is 0. The highest BCUT2D eigenvalue weighted by Crippen LogP contribution is 2.45. The molecule has 196 valence electrons. The second-order valence-corrected chi connectivity index (χ2v) is 9.93. The summed E-state index contributed by atoms with van der Waals surface area (Å²) in [5.74, 6) is 13.8. The molecule has 0 amide bonds. The number of ether oxygens (including phenoxy) is 2. The molecule has 2 aromatic carbocycles. The number of thioether (sulfide) groups is 1.